The number of pyridine rings is 1. The predicted molar refractivity (Wildman–Crippen MR) is 140 cm³/mol. The monoisotopic (exact) mass is 539 g/mol. The molecule has 2 aromatic carbocycles. The molecule has 0 aliphatic heterocycles. The zero-order valence-corrected chi connectivity index (χ0v) is 21.5. The minimum atomic E-state index is -4.55. The first-order chi connectivity index (χ1) is 17.9. The average Bonchev–Trinajstić information content (AvgIpc) is 3.53. The van der Waals surface area contributed by atoms with Gasteiger partial charge in [0.05, 0.1) is 22.2 Å². The molecule has 0 radical (unpaired) electrons. The van der Waals surface area contributed by atoms with Gasteiger partial charge in [0.1, 0.15) is 5.82 Å². The van der Waals surface area contributed by atoms with Gasteiger partial charge in [-0.05, 0) is 86.5 Å². The van der Waals surface area contributed by atoms with E-state index in [0.717, 1.165) is 44.9 Å². The normalized spacial score (nSPS) is 12.4. The van der Waals surface area contributed by atoms with Gasteiger partial charge < -0.3 is 5.32 Å². The summed E-state index contributed by atoms with van der Waals surface area (Å²) in [5.74, 6) is 0.610. The van der Waals surface area contributed by atoms with E-state index in [2.05, 4.69) is 29.2 Å². The number of anilines is 2. The first-order valence-corrected chi connectivity index (χ1v) is 13.2. The molecule has 0 saturated carbocycles. The van der Waals surface area contributed by atoms with Crippen LogP contribution in [0.5, 0.6) is 0 Å². The highest BCUT2D eigenvalue weighted by molar-refractivity contribution is 7.90. The molecule has 0 fully saturated rings. The lowest BCUT2D eigenvalue weighted by molar-refractivity contribution is -0.137. The van der Waals surface area contributed by atoms with Crippen LogP contribution in [0.15, 0.2) is 84.3 Å². The van der Waals surface area contributed by atoms with Gasteiger partial charge in [0.25, 0.3) is 10.0 Å². The minimum Gasteiger partial charge on any atom is -0.340 e. The lowest BCUT2D eigenvalue weighted by atomic mass is 10.1. The second-order valence-electron chi connectivity index (χ2n) is 9.22. The molecule has 5 rings (SSSR count). The van der Waals surface area contributed by atoms with Crippen LogP contribution in [0.25, 0.3) is 22.0 Å². The van der Waals surface area contributed by atoms with Crippen molar-refractivity contribution in [2.45, 2.75) is 37.9 Å². The van der Waals surface area contributed by atoms with Crippen molar-refractivity contribution in [3.8, 4) is 11.1 Å². The number of aromatic nitrogens is 4. The molecule has 38 heavy (non-hydrogen) atoms. The van der Waals surface area contributed by atoms with Crippen LogP contribution in [0, 0.1) is 6.92 Å². The van der Waals surface area contributed by atoms with Gasteiger partial charge in [-0.25, -0.2) is 17.4 Å². The number of nitrogens with one attached hydrogen (secondary N) is 1. The standard InChI is InChI=1S/C27H24F3N5O2S/c1-17(2)34-16-20(15-32-34)24-13-26(31-14-18(24)3)33-22-6-9-25-19(12-22)10-11-35(25)38(36,37)23-7-4-21(5-8-23)27(28,29)30/h4-17H,1-3H3,(H,31,33). The molecular formula is C27H24F3N5O2S. The molecule has 0 atom stereocenters. The number of nitrogens with zero attached hydrogens (tertiary/aromatic N) is 4. The van der Waals surface area contributed by atoms with E-state index in [0.29, 0.717) is 22.4 Å². The maximum absolute atomic E-state index is 13.1. The second-order valence-corrected chi connectivity index (χ2v) is 11.0. The molecule has 196 valence electrons. The van der Waals surface area contributed by atoms with Crippen LogP contribution < -0.4 is 5.32 Å². The van der Waals surface area contributed by atoms with Crippen molar-refractivity contribution in [1.82, 2.24) is 18.7 Å². The summed E-state index contributed by atoms with van der Waals surface area (Å²) in [6.45, 7) is 6.09. The maximum Gasteiger partial charge on any atom is 0.416 e. The summed E-state index contributed by atoms with van der Waals surface area (Å²) in [5, 5.41) is 8.31. The summed E-state index contributed by atoms with van der Waals surface area (Å²) in [5.41, 5.74) is 3.15. The SMILES string of the molecule is Cc1cnc(Nc2ccc3c(ccn3S(=O)(=O)c3ccc(C(F)(F)F)cc3)c2)cc1-c1cnn(C(C)C)c1. The van der Waals surface area contributed by atoms with E-state index in [-0.39, 0.29) is 10.9 Å². The van der Waals surface area contributed by atoms with Crippen molar-refractivity contribution < 1.29 is 21.6 Å². The fourth-order valence-electron chi connectivity index (χ4n) is 4.14. The van der Waals surface area contributed by atoms with Gasteiger partial charge in [-0.3, -0.25) is 4.68 Å². The molecule has 7 nitrogen and oxygen atoms in total. The topological polar surface area (TPSA) is 81.8 Å². The van der Waals surface area contributed by atoms with Gasteiger partial charge in [-0.1, -0.05) is 0 Å². The summed E-state index contributed by atoms with van der Waals surface area (Å²) in [4.78, 5) is 4.24. The van der Waals surface area contributed by atoms with Gasteiger partial charge >= 0.3 is 6.18 Å². The molecule has 3 aromatic heterocycles. The van der Waals surface area contributed by atoms with E-state index < -0.39 is 21.8 Å². The van der Waals surface area contributed by atoms with Crippen molar-refractivity contribution in [3.63, 3.8) is 0 Å². The number of rotatable bonds is 6. The lowest BCUT2D eigenvalue weighted by Crippen LogP contribution is -2.12. The predicted octanol–water partition coefficient (Wildman–Crippen LogP) is 6.79. The smallest absolute Gasteiger partial charge is 0.340 e. The second kappa shape index (κ2) is 9.32. The van der Waals surface area contributed by atoms with Gasteiger partial charge in [0, 0.05) is 41.3 Å². The third-order valence-electron chi connectivity index (χ3n) is 6.21. The molecule has 0 unspecified atom stereocenters. The van der Waals surface area contributed by atoms with Gasteiger partial charge in [0.2, 0.25) is 0 Å². The van der Waals surface area contributed by atoms with E-state index >= 15 is 0 Å². The molecule has 0 bridgehead atoms. The molecule has 0 amide bonds. The number of benzene rings is 2. The Morgan fingerprint density at radius 2 is 1.71 bits per heavy atom. The van der Waals surface area contributed by atoms with Crippen LogP contribution in [0.1, 0.15) is 31.0 Å². The van der Waals surface area contributed by atoms with Crippen LogP contribution in [-0.2, 0) is 16.2 Å². The highest BCUT2D eigenvalue weighted by atomic mass is 32.2. The van der Waals surface area contributed by atoms with Crippen LogP contribution in [0.4, 0.5) is 24.7 Å². The molecule has 0 aliphatic rings. The van der Waals surface area contributed by atoms with Crippen molar-refractivity contribution in [2.24, 2.45) is 0 Å². The quantitative estimate of drug-likeness (QED) is 0.257. The molecule has 0 aliphatic carbocycles. The number of halogens is 3. The number of alkyl halides is 3. The number of aryl methyl sites for hydroxylation is 1. The van der Waals surface area contributed by atoms with Crippen molar-refractivity contribution in [3.05, 3.63) is 90.5 Å². The van der Waals surface area contributed by atoms with Crippen LogP contribution in [-0.4, -0.2) is 27.2 Å². The van der Waals surface area contributed by atoms with Crippen LogP contribution in [0.3, 0.4) is 0 Å². The first-order valence-electron chi connectivity index (χ1n) is 11.8. The molecule has 3 heterocycles. The zero-order chi connectivity index (χ0) is 27.2. The fourth-order valence-corrected chi connectivity index (χ4v) is 5.50. The Morgan fingerprint density at radius 3 is 2.37 bits per heavy atom. The number of fused-ring (bicyclic) bond motifs is 1. The number of hydrogen-bond donors (Lipinski definition) is 1. The lowest BCUT2D eigenvalue weighted by Gasteiger charge is -2.11. The van der Waals surface area contributed by atoms with E-state index in [1.165, 1.54) is 6.20 Å². The Bertz CT molecular complexity index is 1740. The largest absolute Gasteiger partial charge is 0.416 e. The van der Waals surface area contributed by atoms with Crippen LogP contribution in [0.2, 0.25) is 0 Å². The number of hydrogen-bond acceptors (Lipinski definition) is 5. The highest BCUT2D eigenvalue weighted by Gasteiger charge is 2.31. The third kappa shape index (κ3) is 4.76. The van der Waals surface area contributed by atoms with Gasteiger partial charge in [-0.2, -0.15) is 18.3 Å². The Hall–Kier alpha value is -4.12. The van der Waals surface area contributed by atoms with Crippen LogP contribution >= 0.6 is 0 Å². The summed E-state index contributed by atoms with van der Waals surface area (Å²) >= 11 is 0. The maximum atomic E-state index is 13.1. The first kappa shape index (κ1) is 25.5. The van der Waals surface area contributed by atoms with E-state index in [9.17, 15) is 21.6 Å². The molecule has 0 saturated heterocycles. The Kier molecular flexibility index (Phi) is 6.26. The molecule has 11 heteroatoms. The van der Waals surface area contributed by atoms with E-state index in [4.69, 9.17) is 0 Å². The van der Waals surface area contributed by atoms with E-state index in [1.54, 1.807) is 30.5 Å². The Morgan fingerprint density at radius 1 is 0.974 bits per heavy atom. The summed E-state index contributed by atoms with van der Waals surface area (Å²) in [6, 6.07) is 12.4. The van der Waals surface area contributed by atoms with Crippen molar-refractivity contribution >= 4 is 32.4 Å². The van der Waals surface area contributed by atoms with Crippen molar-refractivity contribution in [2.75, 3.05) is 5.32 Å². The summed E-state index contributed by atoms with van der Waals surface area (Å²) < 4.78 is 67.9. The highest BCUT2D eigenvalue weighted by Crippen LogP contribution is 2.32. The Balaban J connectivity index is 1.42. The minimum absolute atomic E-state index is 0.234. The molecular weight excluding hydrogens is 515 g/mol. The molecule has 5 aromatic rings. The zero-order valence-electron chi connectivity index (χ0n) is 20.7. The summed E-state index contributed by atoms with van der Waals surface area (Å²) in [7, 11) is -4.09. The molecule has 1 N–H and O–H groups in total. The van der Waals surface area contributed by atoms with Gasteiger partial charge in [0.15, 0.2) is 0 Å². The average molecular weight is 540 g/mol. The molecule has 0 spiro atoms. The summed E-state index contributed by atoms with van der Waals surface area (Å²) in [6.07, 6.45) is 2.42. The Labute approximate surface area is 217 Å². The van der Waals surface area contributed by atoms with E-state index in [1.807, 2.05) is 30.1 Å². The fraction of sp³-hybridized carbons (Fsp3) is 0.185. The van der Waals surface area contributed by atoms with Crippen molar-refractivity contribution in [1.29, 1.82) is 0 Å². The van der Waals surface area contributed by atoms with Gasteiger partial charge in [-0.15, -0.1) is 0 Å². The third-order valence-corrected chi connectivity index (χ3v) is 7.91.